The van der Waals surface area contributed by atoms with Crippen molar-refractivity contribution in [3.8, 4) is 11.3 Å². The average Bonchev–Trinajstić information content (AvgIpc) is 2.73. The Morgan fingerprint density at radius 3 is 2.46 bits per heavy atom. The first-order valence-electron chi connectivity index (χ1n) is 9.20. The van der Waals surface area contributed by atoms with Crippen molar-refractivity contribution in [2.45, 2.75) is 37.1 Å². The summed E-state index contributed by atoms with van der Waals surface area (Å²) in [5.74, 6) is -0.122. The van der Waals surface area contributed by atoms with Crippen LogP contribution in [0.2, 0.25) is 0 Å². The third kappa shape index (κ3) is 4.67. The summed E-state index contributed by atoms with van der Waals surface area (Å²) in [6.07, 6.45) is 1.43. The number of anilines is 1. The molecule has 0 fully saturated rings. The molecule has 28 heavy (non-hydrogen) atoms. The lowest BCUT2D eigenvalue weighted by molar-refractivity contribution is -0.115. The van der Waals surface area contributed by atoms with Crippen LogP contribution in [0.4, 0.5) is 5.69 Å². The molecule has 0 saturated heterocycles. The Balaban J connectivity index is 1.75. The van der Waals surface area contributed by atoms with E-state index in [4.69, 9.17) is 0 Å². The normalized spacial score (nSPS) is 11.8. The molecular formula is C21H22N4O2S. The van der Waals surface area contributed by atoms with Crippen molar-refractivity contribution in [2.75, 3.05) is 5.32 Å². The highest BCUT2D eigenvalue weighted by atomic mass is 32.2. The minimum absolute atomic E-state index is 0.122. The lowest BCUT2D eigenvalue weighted by atomic mass is 10.1. The van der Waals surface area contributed by atoms with E-state index in [0.29, 0.717) is 17.1 Å². The van der Waals surface area contributed by atoms with Gasteiger partial charge in [0.25, 0.3) is 5.56 Å². The van der Waals surface area contributed by atoms with Gasteiger partial charge in [0.15, 0.2) is 10.9 Å². The van der Waals surface area contributed by atoms with Crippen molar-refractivity contribution in [3.63, 3.8) is 0 Å². The number of nitrogens with zero attached hydrogens (tertiary/aromatic N) is 2. The maximum absolute atomic E-state index is 12.7. The number of aryl methyl sites for hydroxylation is 1. The highest BCUT2D eigenvalue weighted by Gasteiger charge is 2.21. The molecule has 2 N–H and O–H groups in total. The number of para-hydroxylation sites is 1. The first kappa shape index (κ1) is 19.8. The standard InChI is InChI=1S/C21H22N4O2S/c1-3-14-10-8-9-13-16(14)22-19(26)17(4-2)28-21-23-20(27)18(24-25-21)15-11-6-5-7-12-15/h5-13,17H,3-4H2,1-2H3,(H,22,26)(H,23,25,27). The molecular weight excluding hydrogens is 372 g/mol. The molecule has 0 bridgehead atoms. The van der Waals surface area contributed by atoms with E-state index < -0.39 is 5.25 Å². The summed E-state index contributed by atoms with van der Waals surface area (Å²) >= 11 is 1.21. The second-order valence-corrected chi connectivity index (χ2v) is 7.38. The van der Waals surface area contributed by atoms with Gasteiger partial charge in [-0.25, -0.2) is 0 Å². The van der Waals surface area contributed by atoms with Crippen LogP contribution in [0.1, 0.15) is 25.8 Å². The number of hydrogen-bond acceptors (Lipinski definition) is 5. The molecule has 7 heteroatoms. The molecule has 1 atom stereocenters. The average molecular weight is 395 g/mol. The lowest BCUT2D eigenvalue weighted by Crippen LogP contribution is -2.26. The van der Waals surface area contributed by atoms with Gasteiger partial charge in [-0.3, -0.25) is 14.6 Å². The molecule has 144 valence electrons. The minimum Gasteiger partial charge on any atom is -0.325 e. The van der Waals surface area contributed by atoms with Gasteiger partial charge < -0.3 is 5.32 Å². The van der Waals surface area contributed by atoms with Gasteiger partial charge in [-0.15, -0.1) is 10.2 Å². The predicted molar refractivity (Wildman–Crippen MR) is 112 cm³/mol. The molecule has 0 radical (unpaired) electrons. The molecule has 6 nitrogen and oxygen atoms in total. The van der Waals surface area contributed by atoms with Gasteiger partial charge in [-0.2, -0.15) is 0 Å². The van der Waals surface area contributed by atoms with Gasteiger partial charge in [0.1, 0.15) is 0 Å². The maximum atomic E-state index is 12.7. The fourth-order valence-electron chi connectivity index (χ4n) is 2.78. The number of nitrogens with one attached hydrogen (secondary N) is 2. The number of hydrogen-bond donors (Lipinski definition) is 2. The van der Waals surface area contributed by atoms with Crippen LogP contribution in [0.25, 0.3) is 11.3 Å². The number of aromatic amines is 1. The predicted octanol–water partition coefficient (Wildman–Crippen LogP) is 3.90. The number of carbonyl (C=O) groups is 1. The first-order chi connectivity index (χ1) is 13.6. The number of aromatic nitrogens is 3. The molecule has 0 aliphatic carbocycles. The smallest absolute Gasteiger partial charge is 0.278 e. The third-order valence-electron chi connectivity index (χ3n) is 4.30. The second-order valence-electron chi connectivity index (χ2n) is 6.19. The van der Waals surface area contributed by atoms with E-state index in [1.54, 1.807) is 12.1 Å². The first-order valence-corrected chi connectivity index (χ1v) is 10.1. The van der Waals surface area contributed by atoms with Crippen molar-refractivity contribution in [2.24, 2.45) is 0 Å². The molecule has 1 unspecified atom stereocenters. The molecule has 2 aromatic carbocycles. The van der Waals surface area contributed by atoms with E-state index in [0.717, 1.165) is 17.7 Å². The molecule has 0 spiro atoms. The van der Waals surface area contributed by atoms with Crippen LogP contribution in [0.15, 0.2) is 64.5 Å². The van der Waals surface area contributed by atoms with Crippen LogP contribution < -0.4 is 10.9 Å². The molecule has 3 rings (SSSR count). The van der Waals surface area contributed by atoms with Crippen molar-refractivity contribution in [1.29, 1.82) is 0 Å². The van der Waals surface area contributed by atoms with Crippen LogP contribution in [0.5, 0.6) is 0 Å². The van der Waals surface area contributed by atoms with Gasteiger partial charge in [0.05, 0.1) is 5.25 Å². The highest BCUT2D eigenvalue weighted by molar-refractivity contribution is 8.00. The van der Waals surface area contributed by atoms with Gasteiger partial charge in [0.2, 0.25) is 5.91 Å². The van der Waals surface area contributed by atoms with Crippen molar-refractivity contribution < 1.29 is 4.79 Å². The molecule has 1 amide bonds. The Morgan fingerprint density at radius 1 is 1.07 bits per heavy atom. The third-order valence-corrected chi connectivity index (χ3v) is 5.54. The minimum atomic E-state index is -0.391. The zero-order chi connectivity index (χ0) is 19.9. The molecule has 1 heterocycles. The summed E-state index contributed by atoms with van der Waals surface area (Å²) in [7, 11) is 0. The topological polar surface area (TPSA) is 87.7 Å². The summed E-state index contributed by atoms with van der Waals surface area (Å²) in [5, 5.41) is 11.1. The summed E-state index contributed by atoms with van der Waals surface area (Å²) in [6, 6.07) is 16.9. The Bertz CT molecular complexity index is 1000. The van der Waals surface area contributed by atoms with Gasteiger partial charge >= 0.3 is 0 Å². The summed E-state index contributed by atoms with van der Waals surface area (Å²) in [6.45, 7) is 3.97. The van der Waals surface area contributed by atoms with Crippen LogP contribution in [-0.4, -0.2) is 26.3 Å². The molecule has 0 aliphatic heterocycles. The Labute approximate surface area is 167 Å². The van der Waals surface area contributed by atoms with Crippen LogP contribution in [0, 0.1) is 0 Å². The monoisotopic (exact) mass is 394 g/mol. The fourth-order valence-corrected chi connectivity index (χ4v) is 3.62. The highest BCUT2D eigenvalue weighted by Crippen LogP contribution is 2.24. The van der Waals surface area contributed by atoms with E-state index in [2.05, 4.69) is 20.5 Å². The van der Waals surface area contributed by atoms with Crippen molar-refractivity contribution in [1.82, 2.24) is 15.2 Å². The zero-order valence-electron chi connectivity index (χ0n) is 15.8. The number of H-pyrrole nitrogens is 1. The number of benzene rings is 2. The molecule has 0 aliphatic rings. The van der Waals surface area contributed by atoms with Crippen LogP contribution in [0.3, 0.4) is 0 Å². The zero-order valence-corrected chi connectivity index (χ0v) is 16.6. The SMILES string of the molecule is CCc1ccccc1NC(=O)C(CC)Sc1nnc(-c2ccccc2)c(=O)[nH]1. The van der Waals surface area contributed by atoms with Gasteiger partial charge in [-0.1, -0.05) is 74.1 Å². The van der Waals surface area contributed by atoms with Crippen molar-refractivity contribution >= 4 is 23.4 Å². The molecule has 0 saturated carbocycles. The maximum Gasteiger partial charge on any atom is 0.278 e. The van der Waals surface area contributed by atoms with Gasteiger partial charge in [-0.05, 0) is 24.5 Å². The number of thioether (sulfide) groups is 1. The second kappa shape index (κ2) is 9.32. The van der Waals surface area contributed by atoms with Crippen LogP contribution in [-0.2, 0) is 11.2 Å². The molecule has 1 aromatic heterocycles. The van der Waals surface area contributed by atoms with E-state index in [9.17, 15) is 9.59 Å². The Hall–Kier alpha value is -2.93. The number of rotatable bonds is 7. The molecule has 3 aromatic rings. The van der Waals surface area contributed by atoms with E-state index >= 15 is 0 Å². The fraction of sp³-hybridized carbons (Fsp3) is 0.238. The lowest BCUT2D eigenvalue weighted by Gasteiger charge is -2.15. The number of amides is 1. The van der Waals surface area contributed by atoms with E-state index in [1.165, 1.54) is 11.8 Å². The Morgan fingerprint density at radius 2 is 1.79 bits per heavy atom. The van der Waals surface area contributed by atoms with E-state index in [1.807, 2.05) is 56.3 Å². The van der Waals surface area contributed by atoms with Gasteiger partial charge in [0, 0.05) is 11.3 Å². The summed E-state index contributed by atoms with van der Waals surface area (Å²) in [5.41, 5.74) is 2.53. The Kier molecular flexibility index (Phi) is 6.60. The van der Waals surface area contributed by atoms with Crippen molar-refractivity contribution in [3.05, 3.63) is 70.5 Å². The van der Waals surface area contributed by atoms with E-state index in [-0.39, 0.29) is 17.2 Å². The summed E-state index contributed by atoms with van der Waals surface area (Å²) < 4.78 is 0. The largest absolute Gasteiger partial charge is 0.325 e. The quantitative estimate of drug-likeness (QED) is 0.593. The van der Waals surface area contributed by atoms with Crippen LogP contribution >= 0.6 is 11.8 Å². The summed E-state index contributed by atoms with van der Waals surface area (Å²) in [4.78, 5) is 27.8. The number of carbonyl (C=O) groups excluding carboxylic acids is 1.